The first kappa shape index (κ1) is 18.6. The predicted octanol–water partition coefficient (Wildman–Crippen LogP) is 2.82. The minimum absolute atomic E-state index is 0.0448. The van der Waals surface area contributed by atoms with Gasteiger partial charge in [-0.05, 0) is 36.6 Å². The van der Waals surface area contributed by atoms with Crippen LogP contribution in [0.15, 0.2) is 30.5 Å². The summed E-state index contributed by atoms with van der Waals surface area (Å²) >= 11 is 0. The van der Waals surface area contributed by atoms with E-state index in [9.17, 15) is 14.0 Å². The van der Waals surface area contributed by atoms with E-state index in [0.29, 0.717) is 24.2 Å². The fraction of sp³-hybridized carbons (Fsp3) is 0.389. The smallest absolute Gasteiger partial charge is 0.305 e. The van der Waals surface area contributed by atoms with Crippen LogP contribution in [-0.2, 0) is 9.53 Å². The molecule has 0 saturated carbocycles. The van der Waals surface area contributed by atoms with Crippen LogP contribution in [0.5, 0.6) is 0 Å². The molecule has 25 heavy (non-hydrogen) atoms. The maximum Gasteiger partial charge on any atom is 0.305 e. The molecule has 0 fully saturated rings. The quantitative estimate of drug-likeness (QED) is 0.617. The number of hydrogen-bond acceptors (Lipinski definition) is 4. The normalized spacial score (nSPS) is 10.8. The van der Waals surface area contributed by atoms with Crippen molar-refractivity contribution in [3.8, 4) is 5.69 Å². The Balaban J connectivity index is 2.14. The van der Waals surface area contributed by atoms with Crippen LogP contribution in [0.3, 0.4) is 0 Å². The van der Waals surface area contributed by atoms with E-state index in [1.54, 1.807) is 16.8 Å². The van der Waals surface area contributed by atoms with Gasteiger partial charge < -0.3 is 10.1 Å². The Morgan fingerprint density at radius 3 is 2.56 bits per heavy atom. The van der Waals surface area contributed by atoms with Gasteiger partial charge in [0.1, 0.15) is 5.82 Å². The molecule has 0 aliphatic rings. The summed E-state index contributed by atoms with van der Waals surface area (Å²) in [5.41, 5.74) is 1.91. The van der Waals surface area contributed by atoms with Crippen LogP contribution in [-0.4, -0.2) is 35.3 Å². The highest BCUT2D eigenvalue weighted by Gasteiger charge is 2.20. The average molecular weight is 347 g/mol. The fourth-order valence-electron chi connectivity index (χ4n) is 2.51. The number of ether oxygens (including phenoxy) is 1. The fourth-order valence-corrected chi connectivity index (χ4v) is 2.51. The summed E-state index contributed by atoms with van der Waals surface area (Å²) in [5.74, 6) is -0.836. The van der Waals surface area contributed by atoms with Gasteiger partial charge in [0.15, 0.2) is 0 Å². The number of nitrogens with one attached hydrogen (secondary N) is 1. The Morgan fingerprint density at radius 2 is 1.96 bits per heavy atom. The molecule has 1 heterocycles. The van der Waals surface area contributed by atoms with Crippen molar-refractivity contribution < 1.29 is 18.7 Å². The van der Waals surface area contributed by atoms with Crippen molar-refractivity contribution in [2.45, 2.75) is 32.6 Å². The third-order valence-corrected chi connectivity index (χ3v) is 3.74. The molecule has 0 unspecified atom stereocenters. The number of amides is 1. The van der Waals surface area contributed by atoms with Crippen LogP contribution in [0.4, 0.5) is 4.39 Å². The molecule has 0 saturated heterocycles. The summed E-state index contributed by atoms with van der Waals surface area (Å²) in [5, 5.41) is 7.07. The zero-order valence-electron chi connectivity index (χ0n) is 14.6. The van der Waals surface area contributed by atoms with Gasteiger partial charge in [-0.2, -0.15) is 5.10 Å². The summed E-state index contributed by atoms with van der Waals surface area (Å²) in [6.07, 6.45) is 2.26. The lowest BCUT2D eigenvalue weighted by molar-refractivity contribution is -0.140. The number of aromatic nitrogens is 2. The number of benzene rings is 1. The second kappa shape index (κ2) is 8.41. The van der Waals surface area contributed by atoms with Crippen LogP contribution < -0.4 is 5.32 Å². The summed E-state index contributed by atoms with van der Waals surface area (Å²) in [6, 6.07) is 5.94. The van der Waals surface area contributed by atoms with Gasteiger partial charge in [-0.1, -0.05) is 13.8 Å². The van der Waals surface area contributed by atoms with E-state index in [1.165, 1.54) is 25.4 Å². The highest BCUT2D eigenvalue weighted by atomic mass is 19.1. The van der Waals surface area contributed by atoms with Gasteiger partial charge in [-0.15, -0.1) is 0 Å². The summed E-state index contributed by atoms with van der Waals surface area (Å²) < 4.78 is 19.3. The molecule has 0 bridgehead atoms. The van der Waals surface area contributed by atoms with E-state index < -0.39 is 0 Å². The van der Waals surface area contributed by atoms with Crippen molar-refractivity contribution >= 4 is 11.9 Å². The summed E-state index contributed by atoms with van der Waals surface area (Å²) in [6.45, 7) is 4.29. The molecular formula is C18H22FN3O3. The zero-order chi connectivity index (χ0) is 18.4. The molecule has 134 valence electrons. The van der Waals surface area contributed by atoms with Crippen molar-refractivity contribution in [2.24, 2.45) is 0 Å². The largest absolute Gasteiger partial charge is 0.469 e. The standard InChI is InChI=1S/C18H22FN3O3/c1-12(2)17-15(18(24)20-10-4-5-16(23)25-3)11-21-22(17)14-8-6-13(19)7-9-14/h6-9,11-12H,4-5,10H2,1-3H3,(H,20,24). The minimum atomic E-state index is -0.328. The maximum absolute atomic E-state index is 13.1. The number of methoxy groups -OCH3 is 1. The number of nitrogens with zero attached hydrogens (tertiary/aromatic N) is 2. The van der Waals surface area contributed by atoms with Gasteiger partial charge in [0.25, 0.3) is 5.91 Å². The zero-order valence-corrected chi connectivity index (χ0v) is 14.6. The average Bonchev–Trinajstić information content (AvgIpc) is 3.04. The Bertz CT molecular complexity index is 739. The molecule has 1 N–H and O–H groups in total. The third kappa shape index (κ3) is 4.65. The van der Waals surface area contributed by atoms with E-state index in [0.717, 1.165) is 5.69 Å². The van der Waals surface area contributed by atoms with E-state index >= 15 is 0 Å². The molecule has 2 aromatic rings. The van der Waals surface area contributed by atoms with Crippen molar-refractivity contribution in [1.82, 2.24) is 15.1 Å². The molecule has 0 aliphatic heterocycles. The Morgan fingerprint density at radius 1 is 1.28 bits per heavy atom. The first-order valence-corrected chi connectivity index (χ1v) is 8.13. The maximum atomic E-state index is 13.1. The van der Waals surface area contributed by atoms with E-state index in [1.807, 2.05) is 13.8 Å². The Labute approximate surface area is 146 Å². The molecule has 1 amide bonds. The SMILES string of the molecule is COC(=O)CCCNC(=O)c1cnn(-c2ccc(F)cc2)c1C(C)C. The third-order valence-electron chi connectivity index (χ3n) is 3.74. The molecule has 6 nitrogen and oxygen atoms in total. The highest BCUT2D eigenvalue weighted by Crippen LogP contribution is 2.23. The van der Waals surface area contributed by atoms with Gasteiger partial charge in [-0.25, -0.2) is 9.07 Å². The first-order chi connectivity index (χ1) is 11.9. The number of halogens is 1. The molecule has 0 atom stereocenters. The van der Waals surface area contributed by atoms with Gasteiger partial charge in [0.05, 0.1) is 30.3 Å². The molecule has 1 aromatic carbocycles. The number of carbonyl (C=O) groups is 2. The van der Waals surface area contributed by atoms with E-state index in [4.69, 9.17) is 0 Å². The molecule has 0 aliphatic carbocycles. The lowest BCUT2D eigenvalue weighted by Crippen LogP contribution is -2.26. The number of hydrogen-bond donors (Lipinski definition) is 1. The molecule has 0 radical (unpaired) electrons. The van der Waals surface area contributed by atoms with Gasteiger partial charge in [0, 0.05) is 13.0 Å². The predicted molar refractivity (Wildman–Crippen MR) is 91.2 cm³/mol. The van der Waals surface area contributed by atoms with Crippen LogP contribution in [0.2, 0.25) is 0 Å². The second-order valence-corrected chi connectivity index (χ2v) is 5.92. The second-order valence-electron chi connectivity index (χ2n) is 5.92. The summed E-state index contributed by atoms with van der Waals surface area (Å²) in [7, 11) is 1.33. The first-order valence-electron chi connectivity index (χ1n) is 8.13. The summed E-state index contributed by atoms with van der Waals surface area (Å²) in [4.78, 5) is 23.5. The van der Waals surface area contributed by atoms with Crippen LogP contribution in [0.1, 0.15) is 48.7 Å². The van der Waals surface area contributed by atoms with Gasteiger partial charge in [-0.3, -0.25) is 9.59 Å². The van der Waals surface area contributed by atoms with Crippen molar-refractivity contribution in [3.05, 3.63) is 47.5 Å². The Hall–Kier alpha value is -2.70. The van der Waals surface area contributed by atoms with Gasteiger partial charge >= 0.3 is 5.97 Å². The van der Waals surface area contributed by atoms with Crippen LogP contribution in [0.25, 0.3) is 5.69 Å². The molecule has 0 spiro atoms. The molecule has 7 heteroatoms. The molecular weight excluding hydrogens is 325 g/mol. The lowest BCUT2D eigenvalue weighted by atomic mass is 10.0. The lowest BCUT2D eigenvalue weighted by Gasteiger charge is -2.13. The van der Waals surface area contributed by atoms with E-state index in [2.05, 4.69) is 15.2 Å². The van der Waals surface area contributed by atoms with E-state index in [-0.39, 0.29) is 30.0 Å². The molecule has 1 aromatic heterocycles. The Kier molecular flexibility index (Phi) is 6.27. The van der Waals surface area contributed by atoms with Crippen molar-refractivity contribution in [2.75, 3.05) is 13.7 Å². The number of carbonyl (C=O) groups excluding carboxylic acids is 2. The number of rotatable bonds is 7. The monoisotopic (exact) mass is 347 g/mol. The van der Waals surface area contributed by atoms with Crippen molar-refractivity contribution in [1.29, 1.82) is 0 Å². The van der Waals surface area contributed by atoms with Gasteiger partial charge in [0.2, 0.25) is 0 Å². The van der Waals surface area contributed by atoms with Crippen LogP contribution >= 0.6 is 0 Å². The molecule has 2 rings (SSSR count). The number of esters is 1. The van der Waals surface area contributed by atoms with Crippen molar-refractivity contribution in [3.63, 3.8) is 0 Å². The topological polar surface area (TPSA) is 73.2 Å². The van der Waals surface area contributed by atoms with Crippen LogP contribution in [0, 0.1) is 5.82 Å². The highest BCUT2D eigenvalue weighted by molar-refractivity contribution is 5.95. The minimum Gasteiger partial charge on any atom is -0.469 e.